The van der Waals surface area contributed by atoms with Crippen molar-refractivity contribution in [1.29, 1.82) is 0 Å². The molecule has 1 amide bonds. The molecule has 0 saturated heterocycles. The van der Waals surface area contributed by atoms with Crippen molar-refractivity contribution in [3.05, 3.63) is 34.9 Å². The van der Waals surface area contributed by atoms with Gasteiger partial charge >= 0.3 is 0 Å². The predicted molar refractivity (Wildman–Crippen MR) is 66.5 cm³/mol. The number of rotatable bonds is 3. The lowest BCUT2D eigenvalue weighted by atomic mass is 10.0. The molecule has 5 nitrogen and oxygen atoms in total. The maximum Gasteiger partial charge on any atom is 0.236 e. The largest absolute Gasteiger partial charge is 0.306 e. The summed E-state index contributed by atoms with van der Waals surface area (Å²) in [4.78, 5) is 11.1. The third-order valence-corrected chi connectivity index (χ3v) is 2.84. The molecule has 6 heteroatoms. The Morgan fingerprint density at radius 3 is 2.88 bits per heavy atom. The summed E-state index contributed by atoms with van der Waals surface area (Å²) in [6.07, 6.45) is 1.02. The van der Waals surface area contributed by atoms with Crippen LogP contribution >= 0.6 is 11.6 Å². The first-order chi connectivity index (χ1) is 8.19. The van der Waals surface area contributed by atoms with Gasteiger partial charge in [0.2, 0.25) is 5.91 Å². The molecule has 1 unspecified atom stereocenters. The Balaban J connectivity index is 1.97. The average molecular weight is 253 g/mol. The highest BCUT2D eigenvalue weighted by Gasteiger charge is 2.21. The molecule has 1 atom stereocenters. The lowest BCUT2D eigenvalue weighted by Crippen LogP contribution is -2.35. The van der Waals surface area contributed by atoms with E-state index in [2.05, 4.69) is 16.0 Å². The zero-order chi connectivity index (χ0) is 12.3. The lowest BCUT2D eigenvalue weighted by molar-refractivity contribution is -0.121. The third-order valence-electron chi connectivity index (χ3n) is 2.59. The number of amides is 1. The first kappa shape index (κ1) is 11.9. The van der Waals surface area contributed by atoms with Crippen LogP contribution in [0.2, 0.25) is 5.02 Å². The second-order valence-electron chi connectivity index (χ2n) is 3.87. The molecule has 90 valence electrons. The maximum absolute atomic E-state index is 11.1. The number of hydrogen-bond donors (Lipinski definition) is 3. The molecule has 1 aromatic carbocycles. The second-order valence-corrected chi connectivity index (χ2v) is 4.30. The summed E-state index contributed by atoms with van der Waals surface area (Å²) >= 11 is 5.81. The Hall–Kier alpha value is -1.59. The fourth-order valence-electron chi connectivity index (χ4n) is 1.72. The van der Waals surface area contributed by atoms with Crippen molar-refractivity contribution in [3.63, 3.8) is 0 Å². The highest BCUT2D eigenvalue weighted by molar-refractivity contribution is 6.30. The van der Waals surface area contributed by atoms with Crippen molar-refractivity contribution in [2.75, 3.05) is 0 Å². The number of nitrogens with two attached hydrogens (primary N) is 1. The smallest absolute Gasteiger partial charge is 0.236 e. The Morgan fingerprint density at radius 2 is 2.24 bits per heavy atom. The molecule has 0 aromatic heterocycles. The van der Waals surface area contributed by atoms with Crippen molar-refractivity contribution >= 4 is 23.2 Å². The highest BCUT2D eigenvalue weighted by Crippen LogP contribution is 2.16. The number of carbonyl (C=O) groups excluding carboxylic acids is 1. The molecule has 0 radical (unpaired) electrons. The lowest BCUT2D eigenvalue weighted by Gasteiger charge is -2.07. The van der Waals surface area contributed by atoms with Gasteiger partial charge in [0, 0.05) is 11.4 Å². The first-order valence-corrected chi connectivity index (χ1v) is 5.64. The fraction of sp³-hybridized carbons (Fsp3) is 0.273. The van der Waals surface area contributed by atoms with E-state index in [0.29, 0.717) is 17.9 Å². The van der Waals surface area contributed by atoms with Gasteiger partial charge in [-0.05, 0) is 17.7 Å². The zero-order valence-electron chi connectivity index (χ0n) is 9.11. The minimum absolute atomic E-state index is 0.00391. The zero-order valence-corrected chi connectivity index (χ0v) is 9.87. The topological polar surface area (TPSA) is 79.5 Å². The number of benzene rings is 1. The van der Waals surface area contributed by atoms with Crippen molar-refractivity contribution in [2.24, 2.45) is 10.9 Å². The number of nitrogens with one attached hydrogen (secondary N) is 2. The van der Waals surface area contributed by atoms with Crippen LogP contribution < -0.4 is 16.7 Å². The van der Waals surface area contributed by atoms with Crippen LogP contribution in [0.4, 0.5) is 0 Å². The number of hydrogen-bond acceptors (Lipinski definition) is 4. The fourth-order valence-corrected chi connectivity index (χ4v) is 1.85. The van der Waals surface area contributed by atoms with Crippen molar-refractivity contribution in [1.82, 2.24) is 10.9 Å². The summed E-state index contributed by atoms with van der Waals surface area (Å²) in [6, 6.07) is 7.46. The monoisotopic (exact) mass is 252 g/mol. The van der Waals surface area contributed by atoms with Gasteiger partial charge in [-0.1, -0.05) is 23.7 Å². The quantitative estimate of drug-likeness (QED) is 0.423. The van der Waals surface area contributed by atoms with E-state index in [0.717, 1.165) is 11.3 Å². The molecule has 0 spiro atoms. The van der Waals surface area contributed by atoms with E-state index in [9.17, 15) is 4.79 Å². The van der Waals surface area contributed by atoms with Crippen LogP contribution in [0.15, 0.2) is 29.4 Å². The van der Waals surface area contributed by atoms with Gasteiger partial charge in [-0.15, -0.1) is 0 Å². The molecule has 1 aliphatic heterocycles. The van der Waals surface area contributed by atoms with E-state index >= 15 is 0 Å². The Bertz CT molecular complexity index is 443. The minimum atomic E-state index is -0.199. The number of hydrazone groups is 1. The van der Waals surface area contributed by atoms with Crippen LogP contribution in [0, 0.1) is 0 Å². The van der Waals surface area contributed by atoms with Crippen LogP contribution in [0.5, 0.6) is 0 Å². The van der Waals surface area contributed by atoms with Crippen LogP contribution in [-0.2, 0) is 4.79 Å². The third kappa shape index (κ3) is 2.95. The standard InChI is InChI=1S/C11H13ClN4O/c12-8-3-1-7(2-4-8)10-5-9(15-16-10)6-11(17)14-13/h1-4,9,15H,5-6,13H2,(H,14,17). The van der Waals surface area contributed by atoms with Crippen molar-refractivity contribution < 1.29 is 4.79 Å². The summed E-state index contributed by atoms with van der Waals surface area (Å²) in [5.41, 5.74) is 6.97. The van der Waals surface area contributed by atoms with E-state index < -0.39 is 0 Å². The SMILES string of the molecule is NNC(=O)CC1CC(c2ccc(Cl)cc2)=NN1. The van der Waals surface area contributed by atoms with E-state index in [4.69, 9.17) is 17.4 Å². The Kier molecular flexibility index (Phi) is 3.61. The average Bonchev–Trinajstić information content (AvgIpc) is 2.78. The van der Waals surface area contributed by atoms with Crippen LogP contribution in [0.3, 0.4) is 0 Å². The molecule has 1 aliphatic rings. The molecule has 0 aliphatic carbocycles. The summed E-state index contributed by atoms with van der Waals surface area (Å²) in [6.45, 7) is 0. The maximum atomic E-state index is 11.1. The minimum Gasteiger partial charge on any atom is -0.306 e. The van der Waals surface area contributed by atoms with Crippen LogP contribution in [0.1, 0.15) is 18.4 Å². The summed E-state index contributed by atoms with van der Waals surface area (Å²) in [5, 5.41) is 4.90. The van der Waals surface area contributed by atoms with E-state index in [1.807, 2.05) is 24.3 Å². The van der Waals surface area contributed by atoms with Gasteiger partial charge in [0.1, 0.15) is 0 Å². The number of halogens is 1. The van der Waals surface area contributed by atoms with E-state index in [-0.39, 0.29) is 11.9 Å². The number of carbonyl (C=O) groups is 1. The number of nitrogens with zero attached hydrogens (tertiary/aromatic N) is 1. The summed E-state index contributed by atoms with van der Waals surface area (Å²) in [5.74, 6) is 4.83. The molecule has 0 bridgehead atoms. The van der Waals surface area contributed by atoms with Crippen molar-refractivity contribution in [2.45, 2.75) is 18.9 Å². The molecular formula is C11H13ClN4O. The van der Waals surface area contributed by atoms with Gasteiger partial charge < -0.3 is 5.43 Å². The molecule has 2 rings (SSSR count). The Labute approximate surface area is 104 Å². The summed E-state index contributed by atoms with van der Waals surface area (Å²) in [7, 11) is 0. The summed E-state index contributed by atoms with van der Waals surface area (Å²) < 4.78 is 0. The van der Waals surface area contributed by atoms with Gasteiger partial charge in [0.15, 0.2) is 0 Å². The van der Waals surface area contributed by atoms with Gasteiger partial charge in [-0.3, -0.25) is 10.2 Å². The second kappa shape index (κ2) is 5.16. The van der Waals surface area contributed by atoms with Crippen LogP contribution in [0.25, 0.3) is 0 Å². The molecule has 17 heavy (non-hydrogen) atoms. The molecule has 0 saturated carbocycles. The van der Waals surface area contributed by atoms with Gasteiger partial charge in [0.25, 0.3) is 0 Å². The molecular weight excluding hydrogens is 240 g/mol. The van der Waals surface area contributed by atoms with Crippen molar-refractivity contribution in [3.8, 4) is 0 Å². The van der Waals surface area contributed by atoms with Gasteiger partial charge in [-0.2, -0.15) is 5.10 Å². The molecule has 1 aromatic rings. The Morgan fingerprint density at radius 1 is 1.53 bits per heavy atom. The van der Waals surface area contributed by atoms with Gasteiger partial charge in [-0.25, -0.2) is 5.84 Å². The highest BCUT2D eigenvalue weighted by atomic mass is 35.5. The first-order valence-electron chi connectivity index (χ1n) is 5.26. The predicted octanol–water partition coefficient (Wildman–Crippen LogP) is 0.786. The number of hydrazine groups is 1. The van der Waals surface area contributed by atoms with E-state index in [1.165, 1.54) is 0 Å². The van der Waals surface area contributed by atoms with Gasteiger partial charge in [0.05, 0.1) is 18.2 Å². The van der Waals surface area contributed by atoms with Crippen LogP contribution in [-0.4, -0.2) is 17.7 Å². The molecule has 4 N–H and O–H groups in total. The molecule has 0 fully saturated rings. The van der Waals surface area contributed by atoms with E-state index in [1.54, 1.807) is 0 Å². The normalized spacial score (nSPS) is 18.5. The molecule has 1 heterocycles.